The summed E-state index contributed by atoms with van der Waals surface area (Å²) in [5, 5.41) is 2.92. The van der Waals surface area contributed by atoms with Gasteiger partial charge in [-0.25, -0.2) is 18.1 Å². The monoisotopic (exact) mass is 374 g/mol. The van der Waals surface area contributed by atoms with E-state index < -0.39 is 10.0 Å². The van der Waals surface area contributed by atoms with E-state index in [4.69, 9.17) is 4.74 Å². The van der Waals surface area contributed by atoms with Crippen molar-refractivity contribution >= 4 is 21.4 Å². The lowest BCUT2D eigenvalue weighted by molar-refractivity contribution is 0.482. The van der Waals surface area contributed by atoms with E-state index in [1.54, 1.807) is 23.5 Å². The number of sulfonamides is 1. The Morgan fingerprint density at radius 1 is 1.04 bits per heavy atom. The minimum Gasteiger partial charge on any atom is -0.457 e. The Kier molecular flexibility index (Phi) is 5.47. The SMILES string of the molecule is Cc1nc(CCNS(=O)(=O)c2ccc(Oc3ccccc3)cc2)cs1. The average molecular weight is 374 g/mol. The highest BCUT2D eigenvalue weighted by Crippen LogP contribution is 2.22. The van der Waals surface area contributed by atoms with Gasteiger partial charge in [-0.1, -0.05) is 18.2 Å². The third-order valence-corrected chi connectivity index (χ3v) is 5.75. The fourth-order valence-corrected chi connectivity index (χ4v) is 3.91. The summed E-state index contributed by atoms with van der Waals surface area (Å²) in [7, 11) is -3.54. The predicted octanol–water partition coefficient (Wildman–Crippen LogP) is 3.76. The number of hydrogen-bond donors (Lipinski definition) is 1. The molecular formula is C18H18N2O3S2. The number of para-hydroxylation sites is 1. The van der Waals surface area contributed by atoms with Gasteiger partial charge in [-0.15, -0.1) is 11.3 Å². The van der Waals surface area contributed by atoms with Crippen molar-refractivity contribution in [1.29, 1.82) is 0 Å². The lowest BCUT2D eigenvalue weighted by Gasteiger charge is -2.08. The predicted molar refractivity (Wildman–Crippen MR) is 98.7 cm³/mol. The molecule has 130 valence electrons. The van der Waals surface area contributed by atoms with Crippen LogP contribution < -0.4 is 9.46 Å². The molecule has 0 amide bonds. The Morgan fingerprint density at radius 2 is 1.72 bits per heavy atom. The van der Waals surface area contributed by atoms with Crippen molar-refractivity contribution in [2.75, 3.05) is 6.54 Å². The molecule has 0 saturated carbocycles. The molecule has 0 spiro atoms. The van der Waals surface area contributed by atoms with E-state index in [-0.39, 0.29) is 4.90 Å². The summed E-state index contributed by atoms with van der Waals surface area (Å²) in [5.74, 6) is 1.29. The number of nitrogens with one attached hydrogen (secondary N) is 1. The lowest BCUT2D eigenvalue weighted by Crippen LogP contribution is -2.26. The number of thiazole rings is 1. The fourth-order valence-electron chi connectivity index (χ4n) is 2.23. The summed E-state index contributed by atoms with van der Waals surface area (Å²) >= 11 is 1.56. The maximum absolute atomic E-state index is 12.3. The average Bonchev–Trinajstić information content (AvgIpc) is 3.01. The maximum atomic E-state index is 12.3. The molecule has 0 unspecified atom stereocenters. The zero-order valence-corrected chi connectivity index (χ0v) is 15.3. The molecule has 0 aliphatic carbocycles. The molecular weight excluding hydrogens is 356 g/mol. The summed E-state index contributed by atoms with van der Waals surface area (Å²) < 4.78 is 32.9. The second-order valence-electron chi connectivity index (χ2n) is 5.39. The topological polar surface area (TPSA) is 68.3 Å². The first-order chi connectivity index (χ1) is 12.0. The normalized spacial score (nSPS) is 11.4. The molecule has 0 aliphatic heterocycles. The van der Waals surface area contributed by atoms with Gasteiger partial charge in [0, 0.05) is 18.3 Å². The van der Waals surface area contributed by atoms with Crippen LogP contribution >= 0.6 is 11.3 Å². The van der Waals surface area contributed by atoms with Gasteiger partial charge in [0.25, 0.3) is 0 Å². The standard InChI is InChI=1S/C18H18N2O3S2/c1-14-20-15(13-24-14)11-12-19-25(21,22)18-9-7-17(8-10-18)23-16-5-3-2-4-6-16/h2-10,13,19H,11-12H2,1H3. The van der Waals surface area contributed by atoms with Gasteiger partial charge in [-0.2, -0.15) is 0 Å². The van der Waals surface area contributed by atoms with Crippen LogP contribution in [0, 0.1) is 6.92 Å². The first kappa shape index (κ1) is 17.6. The Labute approximate surface area is 151 Å². The van der Waals surface area contributed by atoms with E-state index in [1.807, 2.05) is 42.6 Å². The Bertz CT molecular complexity index is 920. The maximum Gasteiger partial charge on any atom is 0.240 e. The lowest BCUT2D eigenvalue weighted by atomic mass is 10.3. The van der Waals surface area contributed by atoms with Crippen molar-refractivity contribution in [1.82, 2.24) is 9.71 Å². The van der Waals surface area contributed by atoms with Gasteiger partial charge >= 0.3 is 0 Å². The van der Waals surface area contributed by atoms with Gasteiger partial charge in [-0.3, -0.25) is 0 Å². The number of aromatic nitrogens is 1. The van der Waals surface area contributed by atoms with Crippen molar-refractivity contribution in [2.24, 2.45) is 0 Å². The highest BCUT2D eigenvalue weighted by molar-refractivity contribution is 7.89. The van der Waals surface area contributed by atoms with E-state index in [1.165, 1.54) is 12.1 Å². The second-order valence-corrected chi connectivity index (χ2v) is 8.22. The van der Waals surface area contributed by atoms with Gasteiger partial charge in [-0.05, 0) is 43.3 Å². The van der Waals surface area contributed by atoms with E-state index in [9.17, 15) is 8.42 Å². The van der Waals surface area contributed by atoms with Gasteiger partial charge < -0.3 is 4.74 Å². The summed E-state index contributed by atoms with van der Waals surface area (Å²) in [6.07, 6.45) is 0.568. The van der Waals surface area contributed by atoms with Crippen LogP contribution in [0.1, 0.15) is 10.7 Å². The zero-order valence-electron chi connectivity index (χ0n) is 13.7. The molecule has 0 bridgehead atoms. The van der Waals surface area contributed by atoms with Crippen molar-refractivity contribution in [3.63, 3.8) is 0 Å². The summed E-state index contributed by atoms with van der Waals surface area (Å²) in [6, 6.07) is 15.7. The van der Waals surface area contributed by atoms with Crippen LogP contribution in [0.25, 0.3) is 0 Å². The molecule has 0 aliphatic rings. The largest absolute Gasteiger partial charge is 0.457 e. The Hall–Kier alpha value is -2.22. The number of ether oxygens (including phenoxy) is 1. The molecule has 1 N–H and O–H groups in total. The van der Waals surface area contributed by atoms with E-state index in [0.29, 0.717) is 24.5 Å². The van der Waals surface area contributed by atoms with Crippen molar-refractivity contribution in [2.45, 2.75) is 18.2 Å². The van der Waals surface area contributed by atoms with Gasteiger partial charge in [0.15, 0.2) is 0 Å². The molecule has 25 heavy (non-hydrogen) atoms. The molecule has 0 saturated heterocycles. The molecule has 2 aromatic carbocycles. The van der Waals surface area contributed by atoms with Gasteiger partial charge in [0.2, 0.25) is 10.0 Å². The van der Waals surface area contributed by atoms with Gasteiger partial charge in [0.05, 0.1) is 15.6 Å². The highest BCUT2D eigenvalue weighted by atomic mass is 32.2. The van der Waals surface area contributed by atoms with E-state index >= 15 is 0 Å². The van der Waals surface area contributed by atoms with Crippen LogP contribution in [0.2, 0.25) is 0 Å². The number of hydrogen-bond acceptors (Lipinski definition) is 5. The number of rotatable bonds is 7. The summed E-state index contributed by atoms with van der Waals surface area (Å²) in [5.41, 5.74) is 0.900. The molecule has 0 radical (unpaired) electrons. The molecule has 5 nitrogen and oxygen atoms in total. The van der Waals surface area contributed by atoms with Crippen LogP contribution in [0.4, 0.5) is 0 Å². The third kappa shape index (κ3) is 4.88. The second kappa shape index (κ2) is 7.77. The minimum absolute atomic E-state index is 0.211. The van der Waals surface area contributed by atoms with Crippen LogP contribution in [-0.2, 0) is 16.4 Å². The zero-order chi connectivity index (χ0) is 17.7. The van der Waals surface area contributed by atoms with E-state index in [0.717, 1.165) is 10.7 Å². The highest BCUT2D eigenvalue weighted by Gasteiger charge is 2.13. The minimum atomic E-state index is -3.54. The van der Waals surface area contributed by atoms with Crippen LogP contribution in [0.5, 0.6) is 11.5 Å². The molecule has 1 aromatic heterocycles. The van der Waals surface area contributed by atoms with E-state index in [2.05, 4.69) is 9.71 Å². The quantitative estimate of drug-likeness (QED) is 0.684. The van der Waals surface area contributed by atoms with Crippen LogP contribution in [0.15, 0.2) is 64.9 Å². The molecule has 3 aromatic rings. The molecule has 0 atom stereocenters. The summed E-state index contributed by atoms with van der Waals surface area (Å²) in [4.78, 5) is 4.53. The van der Waals surface area contributed by atoms with Crippen LogP contribution in [-0.4, -0.2) is 19.9 Å². The molecule has 0 fully saturated rings. The number of aryl methyl sites for hydroxylation is 1. The fraction of sp³-hybridized carbons (Fsp3) is 0.167. The van der Waals surface area contributed by atoms with Crippen molar-refractivity contribution in [3.8, 4) is 11.5 Å². The first-order valence-electron chi connectivity index (χ1n) is 7.76. The Balaban J connectivity index is 1.60. The van der Waals surface area contributed by atoms with Crippen molar-refractivity contribution < 1.29 is 13.2 Å². The van der Waals surface area contributed by atoms with Crippen LogP contribution in [0.3, 0.4) is 0 Å². The molecule has 1 heterocycles. The first-order valence-corrected chi connectivity index (χ1v) is 10.1. The Morgan fingerprint density at radius 3 is 2.36 bits per heavy atom. The molecule has 7 heteroatoms. The van der Waals surface area contributed by atoms with Crippen molar-refractivity contribution in [3.05, 3.63) is 70.7 Å². The third-order valence-electron chi connectivity index (χ3n) is 3.45. The number of benzene rings is 2. The smallest absolute Gasteiger partial charge is 0.240 e. The summed E-state index contributed by atoms with van der Waals surface area (Å²) in [6.45, 7) is 2.24. The van der Waals surface area contributed by atoms with Gasteiger partial charge in [0.1, 0.15) is 11.5 Å². The molecule has 3 rings (SSSR count). The number of nitrogens with zero attached hydrogens (tertiary/aromatic N) is 1.